The molecule has 1 aromatic rings. The molecule has 0 unspecified atom stereocenters. The van der Waals surface area contributed by atoms with Gasteiger partial charge in [-0.25, -0.2) is 0 Å². The molecular weight excluding hydrogens is 180 g/mol. The van der Waals surface area contributed by atoms with E-state index in [2.05, 4.69) is 26.0 Å². The first-order valence-corrected chi connectivity index (χ1v) is 5.30. The van der Waals surface area contributed by atoms with Crippen LogP contribution in [0.3, 0.4) is 0 Å². The molecular formula is C12H15Cl. The van der Waals surface area contributed by atoms with Gasteiger partial charge in [0.1, 0.15) is 0 Å². The molecule has 0 spiro atoms. The molecule has 70 valence electrons. The van der Waals surface area contributed by atoms with Gasteiger partial charge in [-0.15, -0.1) is 0 Å². The second kappa shape index (κ2) is 3.02. The molecule has 0 bridgehead atoms. The molecule has 0 nitrogen and oxygen atoms in total. The first-order valence-electron chi connectivity index (χ1n) is 4.93. The summed E-state index contributed by atoms with van der Waals surface area (Å²) in [7, 11) is 0. The summed E-state index contributed by atoms with van der Waals surface area (Å²) in [5, 5.41) is 0.834. The lowest BCUT2D eigenvalue weighted by Crippen LogP contribution is -2.03. The number of benzene rings is 1. The lowest BCUT2D eigenvalue weighted by molar-refractivity contribution is 0.642. The Kier molecular flexibility index (Phi) is 2.11. The van der Waals surface area contributed by atoms with Gasteiger partial charge in [-0.1, -0.05) is 44.0 Å². The minimum absolute atomic E-state index is 0.444. The highest BCUT2D eigenvalue weighted by molar-refractivity contribution is 6.30. The van der Waals surface area contributed by atoms with E-state index in [1.165, 1.54) is 18.4 Å². The van der Waals surface area contributed by atoms with Gasteiger partial charge in [-0.05, 0) is 35.4 Å². The second-order valence-electron chi connectivity index (χ2n) is 4.23. The van der Waals surface area contributed by atoms with Gasteiger partial charge in [0, 0.05) is 5.02 Å². The van der Waals surface area contributed by atoms with Gasteiger partial charge in [0.2, 0.25) is 0 Å². The standard InChI is InChI=1S/C12H15Cl/c1-3-9-8-12(9,2)10-4-6-11(13)7-5-10/h4-7,9H,3,8H2,1-2H3/t9-,12-/m1/s1. The summed E-state index contributed by atoms with van der Waals surface area (Å²) in [5.74, 6) is 0.883. The van der Waals surface area contributed by atoms with Crippen molar-refractivity contribution in [1.29, 1.82) is 0 Å². The smallest absolute Gasteiger partial charge is 0.0406 e. The number of rotatable bonds is 2. The van der Waals surface area contributed by atoms with Crippen molar-refractivity contribution in [2.75, 3.05) is 0 Å². The highest BCUT2D eigenvalue weighted by Gasteiger charge is 2.49. The molecule has 13 heavy (non-hydrogen) atoms. The number of halogens is 1. The Balaban J connectivity index is 2.23. The van der Waals surface area contributed by atoms with Crippen LogP contribution in [0.4, 0.5) is 0 Å². The molecule has 1 aliphatic rings. The highest BCUT2D eigenvalue weighted by Crippen LogP contribution is 2.55. The van der Waals surface area contributed by atoms with Crippen LogP contribution in [0.2, 0.25) is 5.02 Å². The zero-order valence-electron chi connectivity index (χ0n) is 8.18. The summed E-state index contributed by atoms with van der Waals surface area (Å²) in [4.78, 5) is 0. The zero-order chi connectivity index (χ0) is 9.47. The van der Waals surface area contributed by atoms with Gasteiger partial charge >= 0.3 is 0 Å². The fraction of sp³-hybridized carbons (Fsp3) is 0.500. The van der Waals surface area contributed by atoms with Crippen molar-refractivity contribution in [3.63, 3.8) is 0 Å². The van der Waals surface area contributed by atoms with Crippen molar-refractivity contribution in [2.45, 2.75) is 32.1 Å². The highest BCUT2D eigenvalue weighted by atomic mass is 35.5. The minimum atomic E-state index is 0.444. The van der Waals surface area contributed by atoms with Crippen LogP contribution < -0.4 is 0 Å². The predicted octanol–water partition coefficient (Wildman–Crippen LogP) is 4.03. The zero-order valence-corrected chi connectivity index (χ0v) is 8.93. The molecule has 2 atom stereocenters. The maximum Gasteiger partial charge on any atom is 0.0406 e. The summed E-state index contributed by atoms with van der Waals surface area (Å²) in [6.45, 7) is 4.62. The van der Waals surface area contributed by atoms with E-state index in [9.17, 15) is 0 Å². The maximum atomic E-state index is 5.85. The molecule has 1 fully saturated rings. The Bertz CT molecular complexity index is 301. The Morgan fingerprint density at radius 2 is 2.00 bits per heavy atom. The van der Waals surface area contributed by atoms with E-state index in [1.807, 2.05) is 12.1 Å². The Labute approximate surface area is 84.9 Å². The van der Waals surface area contributed by atoms with Crippen LogP contribution >= 0.6 is 11.6 Å². The van der Waals surface area contributed by atoms with Crippen molar-refractivity contribution in [3.8, 4) is 0 Å². The van der Waals surface area contributed by atoms with Crippen molar-refractivity contribution < 1.29 is 0 Å². The predicted molar refractivity (Wildman–Crippen MR) is 57.2 cm³/mol. The molecule has 0 heterocycles. The molecule has 0 saturated heterocycles. The maximum absolute atomic E-state index is 5.85. The van der Waals surface area contributed by atoms with Gasteiger partial charge in [0.05, 0.1) is 0 Å². The molecule has 0 amide bonds. The van der Waals surface area contributed by atoms with Crippen molar-refractivity contribution in [3.05, 3.63) is 34.9 Å². The summed E-state index contributed by atoms with van der Waals surface area (Å²) < 4.78 is 0. The average molecular weight is 195 g/mol. The number of hydrogen-bond donors (Lipinski definition) is 0. The lowest BCUT2D eigenvalue weighted by Gasteiger charge is -2.10. The van der Waals surface area contributed by atoms with Gasteiger partial charge in [-0.3, -0.25) is 0 Å². The largest absolute Gasteiger partial charge is 0.0843 e. The molecule has 2 rings (SSSR count). The minimum Gasteiger partial charge on any atom is -0.0843 e. The molecule has 1 heteroatoms. The van der Waals surface area contributed by atoms with E-state index in [0.717, 1.165) is 10.9 Å². The van der Waals surface area contributed by atoms with E-state index in [0.29, 0.717) is 5.41 Å². The average Bonchev–Trinajstić information content (AvgIpc) is 2.80. The van der Waals surface area contributed by atoms with E-state index in [1.54, 1.807) is 0 Å². The SMILES string of the molecule is CC[C@@H]1C[C@@]1(C)c1ccc(Cl)cc1. The third-order valence-corrected chi connectivity index (χ3v) is 3.66. The molecule has 1 aromatic carbocycles. The fourth-order valence-corrected chi connectivity index (χ4v) is 2.36. The topological polar surface area (TPSA) is 0 Å². The third-order valence-electron chi connectivity index (χ3n) is 3.41. The fourth-order valence-electron chi connectivity index (χ4n) is 2.23. The van der Waals surface area contributed by atoms with E-state index in [4.69, 9.17) is 11.6 Å². The number of hydrogen-bond acceptors (Lipinski definition) is 0. The van der Waals surface area contributed by atoms with E-state index >= 15 is 0 Å². The van der Waals surface area contributed by atoms with E-state index < -0.39 is 0 Å². The van der Waals surface area contributed by atoms with Crippen LogP contribution in [0.15, 0.2) is 24.3 Å². The van der Waals surface area contributed by atoms with Crippen LogP contribution in [0, 0.1) is 5.92 Å². The quantitative estimate of drug-likeness (QED) is 0.667. The monoisotopic (exact) mass is 194 g/mol. The first kappa shape index (κ1) is 9.08. The first-order chi connectivity index (χ1) is 6.16. The van der Waals surface area contributed by atoms with Crippen LogP contribution in [0.5, 0.6) is 0 Å². The lowest BCUT2D eigenvalue weighted by atomic mass is 9.95. The van der Waals surface area contributed by atoms with E-state index in [-0.39, 0.29) is 0 Å². The van der Waals surface area contributed by atoms with Gasteiger partial charge < -0.3 is 0 Å². The third kappa shape index (κ3) is 1.48. The molecule has 0 aromatic heterocycles. The van der Waals surface area contributed by atoms with Gasteiger partial charge in [-0.2, -0.15) is 0 Å². The summed E-state index contributed by atoms with van der Waals surface area (Å²) >= 11 is 5.85. The van der Waals surface area contributed by atoms with Gasteiger partial charge in [0.25, 0.3) is 0 Å². The van der Waals surface area contributed by atoms with Crippen molar-refractivity contribution in [2.24, 2.45) is 5.92 Å². The molecule has 1 aliphatic carbocycles. The molecule has 0 radical (unpaired) electrons. The van der Waals surface area contributed by atoms with Gasteiger partial charge in [0.15, 0.2) is 0 Å². The van der Waals surface area contributed by atoms with Crippen LogP contribution in [0.25, 0.3) is 0 Å². The summed E-state index contributed by atoms with van der Waals surface area (Å²) in [6, 6.07) is 8.32. The molecule has 0 aliphatic heterocycles. The Morgan fingerprint density at radius 3 is 2.46 bits per heavy atom. The normalized spacial score (nSPS) is 31.8. The second-order valence-corrected chi connectivity index (χ2v) is 4.67. The van der Waals surface area contributed by atoms with Crippen LogP contribution in [-0.4, -0.2) is 0 Å². The van der Waals surface area contributed by atoms with Crippen LogP contribution in [0.1, 0.15) is 32.3 Å². The van der Waals surface area contributed by atoms with Crippen molar-refractivity contribution in [1.82, 2.24) is 0 Å². The Morgan fingerprint density at radius 1 is 1.38 bits per heavy atom. The summed E-state index contributed by atoms with van der Waals surface area (Å²) in [5.41, 5.74) is 1.89. The summed E-state index contributed by atoms with van der Waals surface area (Å²) in [6.07, 6.45) is 2.63. The van der Waals surface area contributed by atoms with Crippen molar-refractivity contribution >= 4 is 11.6 Å². The Hall–Kier alpha value is -0.490. The molecule has 0 N–H and O–H groups in total. The molecule has 1 saturated carbocycles. The van der Waals surface area contributed by atoms with Crippen LogP contribution in [-0.2, 0) is 5.41 Å².